The van der Waals surface area contributed by atoms with E-state index >= 15 is 0 Å². The van der Waals surface area contributed by atoms with Crippen molar-refractivity contribution in [3.8, 4) is 0 Å². The predicted molar refractivity (Wildman–Crippen MR) is 73.4 cm³/mol. The van der Waals surface area contributed by atoms with Gasteiger partial charge in [0.05, 0.1) is 10.8 Å². The first-order chi connectivity index (χ1) is 8.08. The first kappa shape index (κ1) is 12.6. The lowest BCUT2D eigenvalue weighted by molar-refractivity contribution is 0.389. The Hall–Kier alpha value is -0.830. The van der Waals surface area contributed by atoms with Gasteiger partial charge >= 0.3 is 0 Å². The van der Waals surface area contributed by atoms with E-state index in [1.807, 2.05) is 25.1 Å². The molecule has 0 bridgehead atoms. The molecule has 1 saturated carbocycles. The summed E-state index contributed by atoms with van der Waals surface area (Å²) in [5, 5.41) is 0.342. The Kier molecular flexibility index (Phi) is 3.87. The number of nitrogen functional groups attached to an aromatic ring is 1. The van der Waals surface area contributed by atoms with Crippen LogP contribution in [-0.4, -0.2) is 9.46 Å². The van der Waals surface area contributed by atoms with Gasteiger partial charge in [0.25, 0.3) is 0 Å². The van der Waals surface area contributed by atoms with Crippen LogP contribution in [0, 0.1) is 12.8 Å². The molecule has 1 aromatic rings. The Balaban J connectivity index is 2.11. The fourth-order valence-corrected chi connectivity index (χ4v) is 3.99. The van der Waals surface area contributed by atoms with Crippen LogP contribution in [0.1, 0.15) is 38.2 Å². The summed E-state index contributed by atoms with van der Waals surface area (Å²) in [7, 11) is -0.859. The zero-order chi connectivity index (χ0) is 12.4. The van der Waals surface area contributed by atoms with Crippen molar-refractivity contribution in [2.75, 3.05) is 5.73 Å². The number of hydrogen-bond acceptors (Lipinski definition) is 2. The minimum Gasteiger partial charge on any atom is -0.399 e. The molecular formula is C14H21NOS. The molecule has 1 atom stereocenters. The van der Waals surface area contributed by atoms with Gasteiger partial charge in [-0.2, -0.15) is 0 Å². The fourth-order valence-electron chi connectivity index (χ4n) is 2.41. The van der Waals surface area contributed by atoms with Gasteiger partial charge in [-0.05, 0) is 62.3 Å². The van der Waals surface area contributed by atoms with E-state index in [0.717, 1.165) is 34.9 Å². The molecule has 1 fully saturated rings. The normalized spacial score (nSPS) is 26.7. The molecule has 1 aromatic carbocycles. The van der Waals surface area contributed by atoms with Gasteiger partial charge in [0.15, 0.2) is 0 Å². The largest absolute Gasteiger partial charge is 0.399 e. The summed E-state index contributed by atoms with van der Waals surface area (Å²) >= 11 is 0. The highest BCUT2D eigenvalue weighted by Crippen LogP contribution is 2.30. The zero-order valence-electron chi connectivity index (χ0n) is 10.6. The van der Waals surface area contributed by atoms with Crippen LogP contribution in [0.2, 0.25) is 0 Å². The minimum atomic E-state index is -0.859. The molecule has 2 nitrogen and oxygen atoms in total. The van der Waals surface area contributed by atoms with E-state index in [1.165, 1.54) is 12.8 Å². The van der Waals surface area contributed by atoms with Crippen molar-refractivity contribution in [3.63, 3.8) is 0 Å². The second-order valence-electron chi connectivity index (χ2n) is 5.20. The Morgan fingerprint density at radius 3 is 2.47 bits per heavy atom. The van der Waals surface area contributed by atoms with Crippen LogP contribution in [0.15, 0.2) is 23.1 Å². The van der Waals surface area contributed by atoms with Gasteiger partial charge in [0.1, 0.15) is 0 Å². The average Bonchev–Trinajstić information content (AvgIpc) is 2.33. The summed E-state index contributed by atoms with van der Waals surface area (Å²) in [6.45, 7) is 4.26. The molecule has 0 radical (unpaired) electrons. The molecular weight excluding hydrogens is 230 g/mol. The van der Waals surface area contributed by atoms with Crippen LogP contribution in [0.25, 0.3) is 0 Å². The SMILES string of the molecule is Cc1cc(S(=O)C2CCC(C)CC2)ccc1N. The molecule has 0 saturated heterocycles. The molecule has 3 heteroatoms. The third kappa shape index (κ3) is 2.89. The maximum absolute atomic E-state index is 12.4. The zero-order valence-corrected chi connectivity index (χ0v) is 11.4. The lowest BCUT2D eigenvalue weighted by atomic mass is 9.91. The lowest BCUT2D eigenvalue weighted by Gasteiger charge is -2.25. The Morgan fingerprint density at radius 2 is 1.88 bits per heavy atom. The monoisotopic (exact) mass is 251 g/mol. The first-order valence-electron chi connectivity index (χ1n) is 6.34. The Bertz CT molecular complexity index is 422. The molecule has 94 valence electrons. The van der Waals surface area contributed by atoms with E-state index < -0.39 is 10.8 Å². The summed E-state index contributed by atoms with van der Waals surface area (Å²) in [5.41, 5.74) is 7.59. The number of anilines is 1. The summed E-state index contributed by atoms with van der Waals surface area (Å²) in [6, 6.07) is 5.76. The van der Waals surface area contributed by atoms with Gasteiger partial charge in [-0.3, -0.25) is 4.21 Å². The second-order valence-corrected chi connectivity index (χ2v) is 6.93. The maximum Gasteiger partial charge on any atom is 0.0560 e. The van der Waals surface area contributed by atoms with E-state index in [9.17, 15) is 4.21 Å². The molecule has 0 spiro atoms. The van der Waals surface area contributed by atoms with Gasteiger partial charge < -0.3 is 5.73 Å². The summed E-state index contributed by atoms with van der Waals surface area (Å²) in [4.78, 5) is 0.941. The van der Waals surface area contributed by atoms with Gasteiger partial charge in [-0.25, -0.2) is 0 Å². The van der Waals surface area contributed by atoms with Crippen LogP contribution in [0.3, 0.4) is 0 Å². The van der Waals surface area contributed by atoms with Crippen LogP contribution in [0.4, 0.5) is 5.69 Å². The highest BCUT2D eigenvalue weighted by atomic mass is 32.2. The quantitative estimate of drug-likeness (QED) is 0.820. The standard InChI is InChI=1S/C14H21NOS/c1-10-3-5-12(6-4-10)17(16)13-7-8-14(15)11(2)9-13/h7-10,12H,3-6,15H2,1-2H3. The van der Waals surface area contributed by atoms with Crippen molar-refractivity contribution >= 4 is 16.5 Å². The van der Waals surface area contributed by atoms with Crippen molar-refractivity contribution in [1.29, 1.82) is 0 Å². The molecule has 17 heavy (non-hydrogen) atoms. The van der Waals surface area contributed by atoms with E-state index in [4.69, 9.17) is 5.73 Å². The van der Waals surface area contributed by atoms with Crippen molar-refractivity contribution in [1.82, 2.24) is 0 Å². The third-order valence-corrected chi connectivity index (χ3v) is 5.53. The number of benzene rings is 1. The fraction of sp³-hybridized carbons (Fsp3) is 0.571. The number of rotatable bonds is 2. The van der Waals surface area contributed by atoms with Gasteiger partial charge in [-0.1, -0.05) is 6.92 Å². The van der Waals surface area contributed by atoms with E-state index in [1.54, 1.807) is 0 Å². The number of hydrogen-bond donors (Lipinski definition) is 1. The maximum atomic E-state index is 12.4. The summed E-state index contributed by atoms with van der Waals surface area (Å²) < 4.78 is 12.4. The van der Waals surface area contributed by atoms with Crippen LogP contribution in [0.5, 0.6) is 0 Å². The summed E-state index contributed by atoms with van der Waals surface area (Å²) in [6.07, 6.45) is 4.61. The molecule has 0 heterocycles. The molecule has 0 aromatic heterocycles. The Morgan fingerprint density at radius 1 is 1.24 bits per heavy atom. The number of nitrogens with two attached hydrogens (primary N) is 1. The van der Waals surface area contributed by atoms with Crippen molar-refractivity contribution in [3.05, 3.63) is 23.8 Å². The summed E-state index contributed by atoms with van der Waals surface area (Å²) in [5.74, 6) is 0.802. The minimum absolute atomic E-state index is 0.342. The van der Waals surface area contributed by atoms with Crippen molar-refractivity contribution in [2.45, 2.75) is 49.7 Å². The molecule has 1 aliphatic rings. The van der Waals surface area contributed by atoms with Gasteiger partial charge in [0, 0.05) is 15.8 Å². The average molecular weight is 251 g/mol. The smallest absolute Gasteiger partial charge is 0.0560 e. The lowest BCUT2D eigenvalue weighted by Crippen LogP contribution is -2.22. The van der Waals surface area contributed by atoms with Crippen LogP contribution < -0.4 is 5.73 Å². The van der Waals surface area contributed by atoms with Gasteiger partial charge in [0.2, 0.25) is 0 Å². The molecule has 0 aliphatic heterocycles. The molecule has 1 unspecified atom stereocenters. The van der Waals surface area contributed by atoms with Crippen molar-refractivity contribution in [2.24, 2.45) is 5.92 Å². The second kappa shape index (κ2) is 5.21. The first-order valence-corrected chi connectivity index (χ1v) is 7.56. The van der Waals surface area contributed by atoms with Crippen LogP contribution >= 0.6 is 0 Å². The van der Waals surface area contributed by atoms with Gasteiger partial charge in [-0.15, -0.1) is 0 Å². The highest BCUT2D eigenvalue weighted by molar-refractivity contribution is 7.85. The number of aryl methyl sites for hydroxylation is 1. The van der Waals surface area contributed by atoms with E-state index in [-0.39, 0.29) is 0 Å². The van der Waals surface area contributed by atoms with Crippen LogP contribution in [-0.2, 0) is 10.8 Å². The highest BCUT2D eigenvalue weighted by Gasteiger charge is 2.24. The van der Waals surface area contributed by atoms with E-state index in [2.05, 4.69) is 6.92 Å². The molecule has 0 amide bonds. The Labute approximate surface area is 106 Å². The molecule has 2 rings (SSSR count). The van der Waals surface area contributed by atoms with Crippen molar-refractivity contribution < 1.29 is 4.21 Å². The van der Waals surface area contributed by atoms with E-state index in [0.29, 0.717) is 5.25 Å². The third-order valence-electron chi connectivity index (χ3n) is 3.74. The molecule has 1 aliphatic carbocycles. The predicted octanol–water partition coefficient (Wildman–Crippen LogP) is 3.26. The topological polar surface area (TPSA) is 43.1 Å². The molecule has 2 N–H and O–H groups in total.